The van der Waals surface area contributed by atoms with Crippen LogP contribution >= 0.6 is 12.2 Å². The number of aliphatic carboxylic acids is 1. The van der Waals surface area contributed by atoms with Gasteiger partial charge in [-0.15, -0.1) is 0 Å². The first-order chi connectivity index (χ1) is 14.0. The average molecular weight is 411 g/mol. The Bertz CT molecular complexity index is 993. The molecule has 29 heavy (non-hydrogen) atoms. The maximum Gasteiger partial charge on any atom is 0.326 e. The number of aromatic nitrogens is 2. The van der Waals surface area contributed by atoms with Gasteiger partial charge in [0.1, 0.15) is 6.04 Å². The summed E-state index contributed by atoms with van der Waals surface area (Å²) in [7, 11) is 0. The van der Waals surface area contributed by atoms with Crippen LogP contribution in [0.5, 0.6) is 0 Å². The van der Waals surface area contributed by atoms with Crippen LogP contribution in [0.2, 0.25) is 0 Å². The molecule has 2 aromatic carbocycles. The number of aryl methyl sites for hydroxylation is 1. The van der Waals surface area contributed by atoms with E-state index < -0.39 is 12.0 Å². The molecule has 1 aromatic heterocycles. The summed E-state index contributed by atoms with van der Waals surface area (Å²) in [4.78, 5) is 16.4. The van der Waals surface area contributed by atoms with E-state index in [1.54, 1.807) is 6.92 Å². The third kappa shape index (κ3) is 5.26. The molecule has 0 bridgehead atoms. The van der Waals surface area contributed by atoms with E-state index >= 15 is 0 Å². The number of hydrogen-bond donors (Lipinski definition) is 3. The van der Waals surface area contributed by atoms with Gasteiger partial charge >= 0.3 is 5.97 Å². The van der Waals surface area contributed by atoms with Gasteiger partial charge in [-0.1, -0.05) is 17.7 Å². The van der Waals surface area contributed by atoms with Crippen LogP contribution in [0.15, 0.2) is 60.9 Å². The predicted octanol–water partition coefficient (Wildman–Crippen LogP) is 4.63. The van der Waals surface area contributed by atoms with Gasteiger partial charge in [0.05, 0.1) is 0 Å². The molecule has 3 rings (SSSR count). The van der Waals surface area contributed by atoms with Gasteiger partial charge in [-0.05, 0) is 68.9 Å². The first-order valence-corrected chi connectivity index (χ1v) is 10.0. The Hall–Kier alpha value is -3.06. The fourth-order valence-corrected chi connectivity index (χ4v) is 3.40. The van der Waals surface area contributed by atoms with Gasteiger partial charge in [0, 0.05) is 42.5 Å². The van der Waals surface area contributed by atoms with Crippen molar-refractivity contribution in [2.45, 2.75) is 26.3 Å². The maximum atomic E-state index is 11.5. The molecule has 0 aliphatic carbocycles. The van der Waals surface area contributed by atoms with E-state index in [4.69, 9.17) is 12.2 Å². The molecule has 1 atom stereocenters. The second-order valence-corrected chi connectivity index (χ2v) is 7.39. The Morgan fingerprint density at radius 2 is 1.90 bits per heavy atom. The second-order valence-electron chi connectivity index (χ2n) is 7.01. The summed E-state index contributed by atoms with van der Waals surface area (Å²) in [6.07, 6.45) is 4.52. The highest BCUT2D eigenvalue weighted by Crippen LogP contribution is 2.19. The van der Waals surface area contributed by atoms with Crippen molar-refractivity contribution >= 4 is 29.6 Å². The molecular formula is C22H26N4O2S. The number of rotatable bonds is 9. The van der Waals surface area contributed by atoms with Crippen molar-refractivity contribution < 1.29 is 9.90 Å². The van der Waals surface area contributed by atoms with E-state index in [2.05, 4.69) is 10.3 Å². The van der Waals surface area contributed by atoms with E-state index in [0.717, 1.165) is 35.6 Å². The third-order valence-electron chi connectivity index (χ3n) is 4.89. The molecule has 1 heterocycles. The molecule has 0 radical (unpaired) electrons. The predicted molar refractivity (Wildman–Crippen MR) is 120 cm³/mol. The van der Waals surface area contributed by atoms with Crippen LogP contribution in [0.1, 0.15) is 18.9 Å². The van der Waals surface area contributed by atoms with Crippen LogP contribution in [0.3, 0.4) is 0 Å². The minimum Gasteiger partial charge on any atom is -0.480 e. The summed E-state index contributed by atoms with van der Waals surface area (Å²) in [5.41, 5.74) is 4.10. The first-order valence-electron chi connectivity index (χ1n) is 9.62. The third-order valence-corrected chi connectivity index (χ3v) is 5.20. The average Bonchev–Trinajstić information content (AvgIpc) is 3.15. The number of H-pyrrole nitrogens is 1. The summed E-state index contributed by atoms with van der Waals surface area (Å²) in [5, 5.41) is 12.9. The summed E-state index contributed by atoms with van der Waals surface area (Å²) >= 11 is 5.24. The minimum absolute atomic E-state index is 0.581. The molecule has 0 aliphatic rings. The second kappa shape index (κ2) is 9.43. The highest BCUT2D eigenvalue weighted by molar-refractivity contribution is 7.71. The molecule has 0 amide bonds. The van der Waals surface area contributed by atoms with Crippen molar-refractivity contribution in [3.63, 3.8) is 0 Å². The number of carbonyl (C=O) groups is 1. The lowest BCUT2D eigenvalue weighted by Crippen LogP contribution is -2.40. The van der Waals surface area contributed by atoms with Crippen LogP contribution in [0, 0.1) is 11.7 Å². The molecule has 0 aliphatic heterocycles. The normalized spacial score (nSPS) is 11.8. The summed E-state index contributed by atoms with van der Waals surface area (Å²) in [6, 6.07) is 15.4. The Morgan fingerprint density at radius 3 is 2.48 bits per heavy atom. The first kappa shape index (κ1) is 20.7. The largest absolute Gasteiger partial charge is 0.480 e. The molecular weight excluding hydrogens is 384 g/mol. The van der Waals surface area contributed by atoms with Crippen molar-refractivity contribution in [2.75, 3.05) is 23.3 Å². The lowest BCUT2D eigenvalue weighted by molar-refractivity contribution is -0.138. The van der Waals surface area contributed by atoms with Crippen molar-refractivity contribution in [1.82, 2.24) is 9.55 Å². The molecule has 6 nitrogen and oxygen atoms in total. The van der Waals surface area contributed by atoms with Gasteiger partial charge in [0.2, 0.25) is 0 Å². The smallest absolute Gasteiger partial charge is 0.326 e. The Kier molecular flexibility index (Phi) is 6.72. The van der Waals surface area contributed by atoms with Gasteiger partial charge < -0.3 is 20.3 Å². The lowest BCUT2D eigenvalue weighted by Gasteiger charge is -2.29. The number of benzene rings is 2. The topological polar surface area (TPSA) is 73.3 Å². The van der Waals surface area contributed by atoms with Crippen LogP contribution in [0.4, 0.5) is 11.4 Å². The van der Waals surface area contributed by atoms with E-state index in [9.17, 15) is 9.90 Å². The number of imidazole rings is 1. The summed E-state index contributed by atoms with van der Waals surface area (Å²) in [6.45, 7) is 5.15. The molecule has 0 fully saturated rings. The number of aromatic amines is 1. The summed E-state index contributed by atoms with van der Waals surface area (Å²) < 4.78 is 2.57. The number of hydrogen-bond acceptors (Lipinski definition) is 4. The zero-order valence-electron chi connectivity index (χ0n) is 16.6. The number of nitrogens with one attached hydrogen (secondary N) is 2. The highest BCUT2D eigenvalue weighted by Gasteiger charge is 2.20. The van der Waals surface area contributed by atoms with Crippen LogP contribution < -0.4 is 10.2 Å². The van der Waals surface area contributed by atoms with Crippen molar-refractivity contribution in [3.05, 3.63) is 71.3 Å². The van der Waals surface area contributed by atoms with E-state index in [0.29, 0.717) is 11.3 Å². The van der Waals surface area contributed by atoms with Crippen molar-refractivity contribution in [3.8, 4) is 5.69 Å². The van der Waals surface area contributed by atoms with Crippen LogP contribution in [-0.2, 0) is 4.79 Å². The maximum absolute atomic E-state index is 11.5. The fourth-order valence-electron chi connectivity index (χ4n) is 3.16. The number of carboxylic acids is 1. The molecule has 3 N–H and O–H groups in total. The standard InChI is InChI=1S/C22H26N4O2S/c1-16-4-8-19(9-5-16)25(17(2)21(27)28)14-3-12-23-18-6-10-20(11-7-18)26-15-13-24-22(26)29/h4-11,13,15,17,23H,3,12,14H2,1-2H3,(H,24,29)(H,27,28). The van der Waals surface area contributed by atoms with Gasteiger partial charge in [-0.25, -0.2) is 4.79 Å². The van der Waals surface area contributed by atoms with E-state index in [1.165, 1.54) is 0 Å². The zero-order valence-corrected chi connectivity index (χ0v) is 17.4. The number of nitrogens with zero attached hydrogens (tertiary/aromatic N) is 2. The monoisotopic (exact) mass is 410 g/mol. The highest BCUT2D eigenvalue weighted by atomic mass is 32.1. The number of anilines is 2. The van der Waals surface area contributed by atoms with Gasteiger partial charge in [0.15, 0.2) is 4.77 Å². The Balaban J connectivity index is 1.57. The van der Waals surface area contributed by atoms with Crippen LogP contribution in [0.25, 0.3) is 5.69 Å². The molecule has 3 aromatic rings. The molecule has 7 heteroatoms. The molecule has 0 spiro atoms. The van der Waals surface area contributed by atoms with Gasteiger partial charge in [0.25, 0.3) is 0 Å². The summed E-state index contributed by atoms with van der Waals surface area (Å²) in [5.74, 6) is -0.822. The minimum atomic E-state index is -0.822. The van der Waals surface area contributed by atoms with Gasteiger partial charge in [-0.3, -0.25) is 4.57 Å². The van der Waals surface area contributed by atoms with E-state index in [1.807, 2.05) is 77.3 Å². The van der Waals surface area contributed by atoms with Crippen molar-refractivity contribution in [1.29, 1.82) is 0 Å². The zero-order chi connectivity index (χ0) is 20.8. The molecule has 152 valence electrons. The Morgan fingerprint density at radius 1 is 1.21 bits per heavy atom. The molecule has 0 saturated heterocycles. The molecule has 1 unspecified atom stereocenters. The van der Waals surface area contributed by atoms with Gasteiger partial charge in [-0.2, -0.15) is 0 Å². The van der Waals surface area contributed by atoms with E-state index in [-0.39, 0.29) is 0 Å². The Labute approximate surface area is 175 Å². The van der Waals surface area contributed by atoms with Crippen molar-refractivity contribution in [2.24, 2.45) is 0 Å². The SMILES string of the molecule is Cc1ccc(N(CCCNc2ccc(-n3cc[nH]c3=S)cc2)C(C)C(=O)O)cc1. The van der Waals surface area contributed by atoms with Crippen LogP contribution in [-0.4, -0.2) is 39.8 Å². The fraction of sp³-hybridized carbons (Fsp3) is 0.273. The lowest BCUT2D eigenvalue weighted by atomic mass is 10.1. The quantitative estimate of drug-likeness (QED) is 0.354. The number of carboxylic acid groups (broad SMARTS) is 1. The molecule has 0 saturated carbocycles.